The van der Waals surface area contributed by atoms with Gasteiger partial charge in [-0.05, 0) is 48.0 Å². The molecular weight excluding hydrogens is 337 g/mol. The number of aldehydes is 1. The van der Waals surface area contributed by atoms with E-state index in [0.29, 0.717) is 30.2 Å². The van der Waals surface area contributed by atoms with Crippen molar-refractivity contribution in [2.45, 2.75) is 13.5 Å². The number of nitrogens with zero attached hydrogens (tertiary/aromatic N) is 3. The highest BCUT2D eigenvalue weighted by Crippen LogP contribution is 2.19. The van der Waals surface area contributed by atoms with Gasteiger partial charge in [0, 0.05) is 25.4 Å². The number of hydrogen-bond donors (Lipinski definition) is 2. The smallest absolute Gasteiger partial charge is 0.217 e. The Kier molecular flexibility index (Phi) is 5.02. The van der Waals surface area contributed by atoms with Crippen LogP contribution < -0.4 is 10.6 Å². The molecule has 3 rings (SSSR count). The molecule has 0 unspecified atom stereocenters. The van der Waals surface area contributed by atoms with Gasteiger partial charge in [-0.25, -0.2) is 14.1 Å². The van der Waals surface area contributed by atoms with Crippen molar-refractivity contribution in [3.63, 3.8) is 0 Å². The summed E-state index contributed by atoms with van der Waals surface area (Å²) in [7, 11) is 0. The SMILES string of the molecule is CC(=O)NCc1cc(Nc2ccc(F)cc2)nc(-n2ccc(C=O)n2)c1. The van der Waals surface area contributed by atoms with Gasteiger partial charge in [0.1, 0.15) is 17.3 Å². The number of carbonyl (C=O) groups excluding carboxylic acids is 2. The van der Waals surface area contributed by atoms with Gasteiger partial charge in [0.15, 0.2) is 12.1 Å². The first-order valence-corrected chi connectivity index (χ1v) is 7.83. The number of halogens is 1. The van der Waals surface area contributed by atoms with Crippen LogP contribution in [0.1, 0.15) is 23.0 Å². The average Bonchev–Trinajstić information content (AvgIpc) is 3.11. The first-order chi connectivity index (χ1) is 12.5. The number of carbonyl (C=O) groups is 2. The van der Waals surface area contributed by atoms with Crippen molar-refractivity contribution < 1.29 is 14.0 Å². The van der Waals surface area contributed by atoms with Crippen molar-refractivity contribution in [3.05, 3.63) is 65.7 Å². The number of nitrogens with one attached hydrogen (secondary N) is 2. The molecule has 0 atom stereocenters. The number of hydrogen-bond acceptors (Lipinski definition) is 5. The average molecular weight is 353 g/mol. The van der Waals surface area contributed by atoms with E-state index in [1.807, 2.05) is 0 Å². The molecule has 0 aliphatic rings. The topological polar surface area (TPSA) is 88.9 Å². The Morgan fingerprint density at radius 3 is 2.65 bits per heavy atom. The second-order valence-electron chi connectivity index (χ2n) is 5.56. The van der Waals surface area contributed by atoms with Crippen molar-refractivity contribution >= 4 is 23.7 Å². The summed E-state index contributed by atoms with van der Waals surface area (Å²) in [5, 5.41) is 9.93. The predicted molar refractivity (Wildman–Crippen MR) is 93.9 cm³/mol. The maximum absolute atomic E-state index is 13.1. The molecule has 3 aromatic rings. The Hall–Kier alpha value is -3.55. The maximum atomic E-state index is 13.1. The zero-order valence-corrected chi connectivity index (χ0v) is 13.9. The minimum Gasteiger partial charge on any atom is -0.352 e. The summed E-state index contributed by atoms with van der Waals surface area (Å²) < 4.78 is 14.5. The van der Waals surface area contributed by atoms with E-state index < -0.39 is 0 Å². The molecule has 0 saturated carbocycles. The predicted octanol–water partition coefficient (Wildman–Crippen LogP) is 2.60. The van der Waals surface area contributed by atoms with E-state index >= 15 is 0 Å². The third kappa shape index (κ3) is 4.29. The fourth-order valence-corrected chi connectivity index (χ4v) is 2.29. The Morgan fingerprint density at radius 2 is 2.00 bits per heavy atom. The van der Waals surface area contributed by atoms with Gasteiger partial charge in [-0.15, -0.1) is 0 Å². The summed E-state index contributed by atoms with van der Waals surface area (Å²) in [6.07, 6.45) is 2.27. The van der Waals surface area contributed by atoms with E-state index in [2.05, 4.69) is 20.7 Å². The quantitative estimate of drug-likeness (QED) is 0.665. The molecule has 0 spiro atoms. The largest absolute Gasteiger partial charge is 0.352 e. The molecule has 2 aromatic heterocycles. The van der Waals surface area contributed by atoms with Gasteiger partial charge in [-0.3, -0.25) is 9.59 Å². The van der Waals surface area contributed by atoms with Crippen molar-refractivity contribution in [1.29, 1.82) is 0 Å². The third-order valence-electron chi connectivity index (χ3n) is 3.49. The van der Waals surface area contributed by atoms with Crippen LogP contribution in [0.4, 0.5) is 15.9 Å². The van der Waals surface area contributed by atoms with Crippen molar-refractivity contribution in [2.24, 2.45) is 0 Å². The molecule has 0 fully saturated rings. The molecule has 0 aliphatic heterocycles. The molecule has 0 bridgehead atoms. The van der Waals surface area contributed by atoms with E-state index in [9.17, 15) is 14.0 Å². The molecular formula is C18H16FN5O2. The molecule has 0 saturated heterocycles. The number of rotatable bonds is 6. The van der Waals surface area contributed by atoms with Crippen LogP contribution in [0.2, 0.25) is 0 Å². The van der Waals surface area contributed by atoms with Crippen molar-refractivity contribution in [1.82, 2.24) is 20.1 Å². The van der Waals surface area contributed by atoms with Gasteiger partial charge in [0.05, 0.1) is 0 Å². The van der Waals surface area contributed by atoms with E-state index in [1.165, 1.54) is 23.7 Å². The fourth-order valence-electron chi connectivity index (χ4n) is 2.29. The lowest BCUT2D eigenvalue weighted by molar-refractivity contribution is -0.119. The second kappa shape index (κ2) is 7.56. The van der Waals surface area contributed by atoms with Gasteiger partial charge in [0.2, 0.25) is 5.91 Å². The lowest BCUT2D eigenvalue weighted by Gasteiger charge is -2.11. The zero-order chi connectivity index (χ0) is 18.5. The van der Waals surface area contributed by atoms with Gasteiger partial charge in [-0.1, -0.05) is 0 Å². The molecule has 2 N–H and O–H groups in total. The summed E-state index contributed by atoms with van der Waals surface area (Å²) in [5.41, 5.74) is 1.74. The van der Waals surface area contributed by atoms with Crippen molar-refractivity contribution in [3.8, 4) is 5.82 Å². The first-order valence-electron chi connectivity index (χ1n) is 7.83. The van der Waals surface area contributed by atoms with Gasteiger partial charge < -0.3 is 10.6 Å². The monoisotopic (exact) mass is 353 g/mol. The summed E-state index contributed by atoms with van der Waals surface area (Å²) in [5.74, 6) is 0.489. The maximum Gasteiger partial charge on any atom is 0.217 e. The second-order valence-corrected chi connectivity index (χ2v) is 5.56. The molecule has 8 heteroatoms. The van der Waals surface area contributed by atoms with Crippen LogP contribution >= 0.6 is 0 Å². The minimum atomic E-state index is -0.332. The molecule has 2 heterocycles. The van der Waals surface area contributed by atoms with E-state index in [1.54, 1.807) is 36.5 Å². The van der Waals surface area contributed by atoms with Crippen molar-refractivity contribution in [2.75, 3.05) is 5.32 Å². The van der Waals surface area contributed by atoms with Gasteiger partial charge in [-0.2, -0.15) is 5.10 Å². The Labute approximate surface area is 148 Å². The van der Waals surface area contributed by atoms with Crippen LogP contribution in [0.3, 0.4) is 0 Å². The normalized spacial score (nSPS) is 10.4. The Balaban J connectivity index is 1.94. The highest BCUT2D eigenvalue weighted by atomic mass is 19.1. The highest BCUT2D eigenvalue weighted by Gasteiger charge is 2.08. The number of anilines is 2. The van der Waals surface area contributed by atoms with E-state index in [-0.39, 0.29) is 17.4 Å². The van der Waals surface area contributed by atoms with Crippen LogP contribution in [0, 0.1) is 5.82 Å². The number of benzene rings is 1. The fraction of sp³-hybridized carbons (Fsp3) is 0.111. The summed E-state index contributed by atoms with van der Waals surface area (Å²) in [6.45, 7) is 1.74. The van der Waals surface area contributed by atoms with Crippen LogP contribution in [0.25, 0.3) is 5.82 Å². The van der Waals surface area contributed by atoms with E-state index in [0.717, 1.165) is 5.56 Å². The summed E-state index contributed by atoms with van der Waals surface area (Å²) >= 11 is 0. The minimum absolute atomic E-state index is 0.154. The lowest BCUT2D eigenvalue weighted by atomic mass is 10.2. The molecule has 26 heavy (non-hydrogen) atoms. The van der Waals surface area contributed by atoms with Crippen LogP contribution in [-0.2, 0) is 11.3 Å². The number of pyridine rings is 1. The van der Waals surface area contributed by atoms with Crippen LogP contribution in [0.15, 0.2) is 48.7 Å². The molecule has 7 nitrogen and oxygen atoms in total. The molecule has 132 valence electrons. The third-order valence-corrected chi connectivity index (χ3v) is 3.49. The molecule has 0 radical (unpaired) electrons. The Morgan fingerprint density at radius 1 is 1.23 bits per heavy atom. The standard InChI is InChI=1S/C18H16FN5O2/c1-12(26)20-10-13-8-17(21-15-4-2-14(19)3-5-15)22-18(9-13)24-7-6-16(11-25)23-24/h2-9,11H,10H2,1H3,(H,20,26)(H,21,22). The molecule has 0 aliphatic carbocycles. The Bertz CT molecular complexity index is 937. The molecule has 1 amide bonds. The number of amides is 1. The number of aromatic nitrogens is 3. The zero-order valence-electron chi connectivity index (χ0n) is 13.9. The lowest BCUT2D eigenvalue weighted by Crippen LogP contribution is -2.19. The van der Waals surface area contributed by atoms with Gasteiger partial charge in [0.25, 0.3) is 0 Å². The summed E-state index contributed by atoms with van der Waals surface area (Å²) in [6, 6.07) is 11.0. The molecule has 1 aromatic carbocycles. The highest BCUT2D eigenvalue weighted by molar-refractivity contribution is 5.73. The first kappa shape index (κ1) is 17.3. The van der Waals surface area contributed by atoms with Gasteiger partial charge >= 0.3 is 0 Å². The van der Waals surface area contributed by atoms with Crippen LogP contribution in [0.5, 0.6) is 0 Å². The van der Waals surface area contributed by atoms with E-state index in [4.69, 9.17) is 0 Å². The summed E-state index contributed by atoms with van der Waals surface area (Å²) in [4.78, 5) is 26.5. The van der Waals surface area contributed by atoms with Crippen LogP contribution in [-0.4, -0.2) is 27.0 Å².